The number of nitrogens with zero attached hydrogens (tertiary/aromatic N) is 3. The summed E-state index contributed by atoms with van der Waals surface area (Å²) < 4.78 is 1.84. The van der Waals surface area contributed by atoms with Crippen LogP contribution in [0, 0.1) is 11.3 Å². The SMILES string of the molecule is CCCCCn1ncc(C#N)c1NC1=CC(=O)CCCC1. The lowest BCUT2D eigenvalue weighted by Crippen LogP contribution is -2.10. The number of nitriles is 1. The van der Waals surface area contributed by atoms with Crippen molar-refractivity contribution >= 4 is 11.6 Å². The molecule has 0 radical (unpaired) electrons. The molecule has 2 rings (SSSR count). The fourth-order valence-corrected chi connectivity index (χ4v) is 2.48. The van der Waals surface area contributed by atoms with Crippen LogP contribution in [0.4, 0.5) is 5.82 Å². The van der Waals surface area contributed by atoms with Crippen LogP contribution in [0.25, 0.3) is 0 Å². The van der Waals surface area contributed by atoms with Gasteiger partial charge in [-0.2, -0.15) is 10.4 Å². The lowest BCUT2D eigenvalue weighted by atomic mass is 10.2. The first-order valence-electron chi connectivity index (χ1n) is 7.71. The molecule has 1 heterocycles. The van der Waals surface area contributed by atoms with Gasteiger partial charge in [0.25, 0.3) is 0 Å². The predicted molar refractivity (Wildman–Crippen MR) is 81.6 cm³/mol. The number of aromatic nitrogens is 2. The van der Waals surface area contributed by atoms with Gasteiger partial charge in [-0.05, 0) is 25.7 Å². The normalized spacial score (nSPS) is 15.2. The number of carbonyl (C=O) groups excluding carboxylic acids is 1. The van der Waals surface area contributed by atoms with Crippen LogP contribution in [0.1, 0.15) is 57.4 Å². The van der Waals surface area contributed by atoms with Crippen molar-refractivity contribution < 1.29 is 4.79 Å². The summed E-state index contributed by atoms with van der Waals surface area (Å²) in [6, 6.07) is 2.16. The van der Waals surface area contributed by atoms with E-state index in [1.807, 2.05) is 4.68 Å². The van der Waals surface area contributed by atoms with E-state index in [0.29, 0.717) is 12.0 Å². The van der Waals surface area contributed by atoms with E-state index < -0.39 is 0 Å². The molecular formula is C16H22N4O. The van der Waals surface area contributed by atoms with Crippen molar-refractivity contribution in [2.75, 3.05) is 5.32 Å². The van der Waals surface area contributed by atoms with Gasteiger partial charge < -0.3 is 5.32 Å². The maximum absolute atomic E-state index is 11.7. The van der Waals surface area contributed by atoms with Crippen LogP contribution in [-0.4, -0.2) is 15.6 Å². The number of carbonyl (C=O) groups is 1. The molecule has 112 valence electrons. The number of unbranched alkanes of at least 4 members (excludes halogenated alkanes) is 2. The number of hydrogen-bond donors (Lipinski definition) is 1. The average Bonchev–Trinajstić information content (AvgIpc) is 2.73. The molecule has 1 N–H and O–H groups in total. The van der Waals surface area contributed by atoms with Gasteiger partial charge in [-0.1, -0.05) is 19.8 Å². The third-order valence-corrected chi connectivity index (χ3v) is 3.67. The second-order valence-corrected chi connectivity index (χ2v) is 5.42. The van der Waals surface area contributed by atoms with Crippen LogP contribution in [0.5, 0.6) is 0 Å². The number of aryl methyl sites for hydroxylation is 1. The van der Waals surface area contributed by atoms with Gasteiger partial charge in [0.1, 0.15) is 17.5 Å². The number of anilines is 1. The molecular weight excluding hydrogens is 264 g/mol. The van der Waals surface area contributed by atoms with Crippen LogP contribution in [0.15, 0.2) is 18.0 Å². The Morgan fingerprint density at radius 3 is 2.95 bits per heavy atom. The Hall–Kier alpha value is -2.09. The molecule has 1 aromatic heterocycles. The lowest BCUT2D eigenvalue weighted by Gasteiger charge is -2.12. The van der Waals surface area contributed by atoms with Crippen LogP contribution >= 0.6 is 0 Å². The summed E-state index contributed by atoms with van der Waals surface area (Å²) in [6.45, 7) is 2.95. The smallest absolute Gasteiger partial charge is 0.157 e. The Balaban J connectivity index is 2.15. The maximum Gasteiger partial charge on any atom is 0.157 e. The third-order valence-electron chi connectivity index (χ3n) is 3.67. The molecule has 0 saturated carbocycles. The highest BCUT2D eigenvalue weighted by Gasteiger charge is 2.14. The zero-order valence-electron chi connectivity index (χ0n) is 12.6. The molecule has 0 amide bonds. The van der Waals surface area contributed by atoms with Gasteiger partial charge in [0.2, 0.25) is 0 Å². The monoisotopic (exact) mass is 286 g/mol. The Kier molecular flexibility index (Phi) is 5.56. The zero-order valence-corrected chi connectivity index (χ0v) is 12.6. The van der Waals surface area contributed by atoms with Gasteiger partial charge in [-0.3, -0.25) is 4.79 Å². The van der Waals surface area contributed by atoms with E-state index in [1.165, 1.54) is 0 Å². The molecule has 0 unspecified atom stereocenters. The summed E-state index contributed by atoms with van der Waals surface area (Å²) >= 11 is 0. The van der Waals surface area contributed by atoms with Crippen LogP contribution < -0.4 is 5.32 Å². The molecule has 0 bridgehead atoms. The number of nitrogens with one attached hydrogen (secondary N) is 1. The molecule has 0 saturated heterocycles. The minimum Gasteiger partial charge on any atom is -0.343 e. The Bertz CT molecular complexity index is 565. The summed E-state index contributed by atoms with van der Waals surface area (Å²) in [5.74, 6) is 0.875. The van der Waals surface area contributed by atoms with Crippen LogP contribution in [0.2, 0.25) is 0 Å². The first kappa shape index (κ1) is 15.3. The van der Waals surface area contributed by atoms with Crippen molar-refractivity contribution in [2.45, 2.75) is 58.4 Å². The summed E-state index contributed by atoms with van der Waals surface area (Å²) in [4.78, 5) is 11.7. The van der Waals surface area contributed by atoms with E-state index in [-0.39, 0.29) is 5.78 Å². The predicted octanol–water partition coefficient (Wildman–Crippen LogP) is 3.38. The van der Waals surface area contributed by atoms with Gasteiger partial charge in [-0.25, -0.2) is 4.68 Å². The number of hydrogen-bond acceptors (Lipinski definition) is 4. The molecule has 0 spiro atoms. The van der Waals surface area contributed by atoms with Crippen molar-refractivity contribution in [3.8, 4) is 6.07 Å². The fraction of sp³-hybridized carbons (Fsp3) is 0.562. The summed E-state index contributed by atoms with van der Waals surface area (Å²) in [6.07, 6.45) is 9.98. The minimum atomic E-state index is 0.158. The largest absolute Gasteiger partial charge is 0.343 e. The highest BCUT2D eigenvalue weighted by Crippen LogP contribution is 2.22. The molecule has 0 fully saturated rings. The molecule has 1 aliphatic carbocycles. The topological polar surface area (TPSA) is 70.7 Å². The van der Waals surface area contributed by atoms with Gasteiger partial charge >= 0.3 is 0 Å². The first-order valence-corrected chi connectivity index (χ1v) is 7.71. The summed E-state index contributed by atoms with van der Waals surface area (Å²) in [5, 5.41) is 16.8. The molecule has 0 aromatic carbocycles. The van der Waals surface area contributed by atoms with E-state index in [0.717, 1.165) is 56.6 Å². The number of rotatable bonds is 6. The van der Waals surface area contributed by atoms with Gasteiger partial charge in [0, 0.05) is 24.7 Å². The van der Waals surface area contributed by atoms with Gasteiger partial charge in [-0.15, -0.1) is 0 Å². The Morgan fingerprint density at radius 2 is 2.19 bits per heavy atom. The zero-order chi connectivity index (χ0) is 15.1. The summed E-state index contributed by atoms with van der Waals surface area (Å²) in [7, 11) is 0. The fourth-order valence-electron chi connectivity index (χ4n) is 2.48. The number of ketones is 1. The van der Waals surface area contributed by atoms with Crippen molar-refractivity contribution in [1.29, 1.82) is 5.26 Å². The van der Waals surface area contributed by atoms with Gasteiger partial charge in [0.15, 0.2) is 5.78 Å². The van der Waals surface area contributed by atoms with Crippen molar-refractivity contribution in [1.82, 2.24) is 9.78 Å². The standard InChI is InChI=1S/C16H22N4O/c1-2-3-6-9-20-16(13(11-17)12-18-20)19-14-7-4-5-8-15(21)10-14/h10,12,19H,2-9H2,1H3. The molecule has 0 atom stereocenters. The van der Waals surface area contributed by atoms with Crippen molar-refractivity contribution in [3.63, 3.8) is 0 Å². The van der Waals surface area contributed by atoms with E-state index in [1.54, 1.807) is 12.3 Å². The van der Waals surface area contributed by atoms with E-state index in [9.17, 15) is 10.1 Å². The second-order valence-electron chi connectivity index (χ2n) is 5.42. The van der Waals surface area contributed by atoms with E-state index >= 15 is 0 Å². The first-order chi connectivity index (χ1) is 10.2. The van der Waals surface area contributed by atoms with Gasteiger partial charge in [0.05, 0.1) is 6.20 Å². The average molecular weight is 286 g/mol. The highest BCUT2D eigenvalue weighted by atomic mass is 16.1. The third kappa shape index (κ3) is 4.19. The Labute approximate surface area is 125 Å². The van der Waals surface area contributed by atoms with Crippen molar-refractivity contribution in [3.05, 3.63) is 23.5 Å². The van der Waals surface area contributed by atoms with E-state index in [4.69, 9.17) is 0 Å². The lowest BCUT2D eigenvalue weighted by molar-refractivity contribution is -0.114. The highest BCUT2D eigenvalue weighted by molar-refractivity contribution is 5.91. The van der Waals surface area contributed by atoms with Crippen LogP contribution in [0.3, 0.4) is 0 Å². The Morgan fingerprint density at radius 1 is 1.38 bits per heavy atom. The molecule has 0 aliphatic heterocycles. The second kappa shape index (κ2) is 7.63. The number of allylic oxidation sites excluding steroid dienone is 2. The molecule has 5 nitrogen and oxygen atoms in total. The van der Waals surface area contributed by atoms with Crippen LogP contribution in [-0.2, 0) is 11.3 Å². The van der Waals surface area contributed by atoms with E-state index in [2.05, 4.69) is 23.4 Å². The van der Waals surface area contributed by atoms with Crippen molar-refractivity contribution in [2.24, 2.45) is 0 Å². The minimum absolute atomic E-state index is 0.158. The molecule has 1 aromatic rings. The molecule has 1 aliphatic rings. The maximum atomic E-state index is 11.7. The quantitative estimate of drug-likeness (QED) is 0.814. The summed E-state index contributed by atoms with van der Waals surface area (Å²) in [5.41, 5.74) is 1.43. The molecule has 21 heavy (non-hydrogen) atoms. The molecule has 5 heteroatoms.